The van der Waals surface area contributed by atoms with Crippen LogP contribution in [0.1, 0.15) is 99.3 Å². The minimum Gasteiger partial charge on any atom is -0.353 e. The molecule has 4 heterocycles. The molecule has 76 heavy (non-hydrogen) atoms. The smallest absolute Gasteiger partial charge is 0.158 e. The van der Waals surface area contributed by atoms with Crippen LogP contribution in [0.4, 0.5) is 34.1 Å². The van der Waals surface area contributed by atoms with Gasteiger partial charge < -0.3 is 47.7 Å². The summed E-state index contributed by atoms with van der Waals surface area (Å²) in [5.41, 5.74) is 15.5. The Hall–Kier alpha value is -6.18. The van der Waals surface area contributed by atoms with Crippen molar-refractivity contribution in [2.24, 2.45) is 0 Å². The highest BCUT2D eigenvalue weighted by Crippen LogP contribution is 2.39. The van der Waals surface area contributed by atoms with Crippen molar-refractivity contribution in [2.75, 3.05) is 36.2 Å². The summed E-state index contributed by atoms with van der Waals surface area (Å²) in [7, 11) is 0. The average Bonchev–Trinajstić information content (AvgIpc) is 3.51. The highest BCUT2D eigenvalue weighted by molar-refractivity contribution is 5.81. The maximum atomic E-state index is 6.12. The van der Waals surface area contributed by atoms with Crippen LogP contribution in [0.2, 0.25) is 0 Å². The Bertz CT molecular complexity index is 2490. The Kier molecular flexibility index (Phi) is 17.9. The van der Waals surface area contributed by atoms with E-state index in [0.717, 1.165) is 182 Å². The number of hydrogen-bond donors (Lipinski definition) is 0. The van der Waals surface area contributed by atoms with Gasteiger partial charge in [0.25, 0.3) is 0 Å². The Morgan fingerprint density at radius 3 is 0.658 bits per heavy atom. The predicted molar refractivity (Wildman–Crippen MR) is 300 cm³/mol. The van der Waals surface area contributed by atoms with Gasteiger partial charge in [-0.25, -0.2) is 0 Å². The number of nitrogens with zero attached hydrogens (tertiary/aromatic N) is 2. The van der Waals surface area contributed by atoms with Gasteiger partial charge in [-0.15, -0.1) is 0 Å². The quantitative estimate of drug-likeness (QED) is 0.0736. The molecule has 10 nitrogen and oxygen atoms in total. The maximum Gasteiger partial charge on any atom is 0.158 e. The summed E-state index contributed by atoms with van der Waals surface area (Å²) in [6.07, 6.45) is 12.3. The van der Waals surface area contributed by atoms with Crippen molar-refractivity contribution < 1.29 is 37.9 Å². The van der Waals surface area contributed by atoms with E-state index in [0.29, 0.717) is 26.4 Å². The molecule has 0 spiro atoms. The SMILES string of the molecule is c1cc(N(c2ccc(COC3CCCCO3)cc2)c2ccc(-c3ccc(-c4ccc(N(c5ccc(COC6CCCCO6)cc5)c5ccc(COC6CCCCO6)cc5)cc4)cc3)cc2)ccc1COC1CCCCO1. The van der Waals surface area contributed by atoms with Crippen LogP contribution >= 0.6 is 0 Å². The van der Waals surface area contributed by atoms with Gasteiger partial charge in [-0.3, -0.25) is 0 Å². The lowest BCUT2D eigenvalue weighted by atomic mass is 9.99. The molecule has 7 aromatic carbocycles. The Morgan fingerprint density at radius 2 is 0.461 bits per heavy atom. The molecule has 394 valence electrons. The van der Waals surface area contributed by atoms with E-state index in [1.807, 2.05) is 0 Å². The summed E-state index contributed by atoms with van der Waals surface area (Å²) in [6.45, 7) is 5.17. The molecule has 7 aromatic rings. The van der Waals surface area contributed by atoms with Gasteiger partial charge in [-0.1, -0.05) is 97.1 Å². The van der Waals surface area contributed by atoms with Gasteiger partial charge in [0.15, 0.2) is 25.2 Å². The van der Waals surface area contributed by atoms with Gasteiger partial charge in [0.2, 0.25) is 0 Å². The lowest BCUT2D eigenvalue weighted by Gasteiger charge is -2.27. The van der Waals surface area contributed by atoms with Crippen LogP contribution in [0.25, 0.3) is 22.3 Å². The van der Waals surface area contributed by atoms with Gasteiger partial charge >= 0.3 is 0 Å². The maximum absolute atomic E-state index is 6.12. The normalized spacial score (nSPS) is 20.0. The van der Waals surface area contributed by atoms with E-state index < -0.39 is 0 Å². The first kappa shape index (κ1) is 51.9. The zero-order valence-electron chi connectivity index (χ0n) is 43.8. The molecule has 0 N–H and O–H groups in total. The highest BCUT2D eigenvalue weighted by Gasteiger charge is 2.20. The van der Waals surface area contributed by atoms with Crippen LogP contribution in [0, 0.1) is 0 Å². The molecule has 11 rings (SSSR count). The van der Waals surface area contributed by atoms with E-state index in [-0.39, 0.29) is 25.2 Å². The van der Waals surface area contributed by atoms with Crippen molar-refractivity contribution in [3.63, 3.8) is 0 Å². The third kappa shape index (κ3) is 13.9. The zero-order chi connectivity index (χ0) is 51.1. The topological polar surface area (TPSA) is 80.3 Å². The van der Waals surface area contributed by atoms with Crippen LogP contribution < -0.4 is 9.80 Å². The lowest BCUT2D eigenvalue weighted by Crippen LogP contribution is -2.22. The van der Waals surface area contributed by atoms with Gasteiger partial charge in [0.05, 0.1) is 26.4 Å². The van der Waals surface area contributed by atoms with Gasteiger partial charge in [-0.05, 0) is 194 Å². The van der Waals surface area contributed by atoms with Crippen molar-refractivity contribution in [3.8, 4) is 22.3 Å². The largest absolute Gasteiger partial charge is 0.353 e. The summed E-state index contributed by atoms with van der Waals surface area (Å²) in [6, 6.07) is 61.3. The molecule has 4 atom stereocenters. The van der Waals surface area contributed by atoms with Crippen LogP contribution in [-0.4, -0.2) is 51.6 Å². The fourth-order valence-corrected chi connectivity index (χ4v) is 10.4. The number of anilines is 6. The van der Waals surface area contributed by atoms with Crippen molar-refractivity contribution in [2.45, 2.75) is 129 Å². The second-order valence-corrected chi connectivity index (χ2v) is 20.4. The summed E-state index contributed by atoms with van der Waals surface area (Å²) in [5, 5.41) is 0. The van der Waals surface area contributed by atoms with E-state index in [1.54, 1.807) is 0 Å². The minimum atomic E-state index is -0.123. The van der Waals surface area contributed by atoms with Gasteiger partial charge in [0.1, 0.15) is 0 Å². The van der Waals surface area contributed by atoms with E-state index in [1.165, 1.54) is 0 Å². The molecule has 4 unspecified atom stereocenters. The summed E-state index contributed by atoms with van der Waals surface area (Å²) >= 11 is 0. The molecule has 4 aliphatic rings. The second kappa shape index (κ2) is 26.2. The van der Waals surface area contributed by atoms with Gasteiger partial charge in [0, 0.05) is 60.6 Å². The first-order valence-corrected chi connectivity index (χ1v) is 27.8. The molecule has 0 radical (unpaired) electrons. The predicted octanol–water partition coefficient (Wildman–Crippen LogP) is 16.1. The Morgan fingerprint density at radius 1 is 0.263 bits per heavy atom. The molecule has 0 bridgehead atoms. The molecule has 10 heteroatoms. The monoisotopic (exact) mass is 1020 g/mol. The number of ether oxygens (including phenoxy) is 8. The summed E-state index contributed by atoms with van der Waals surface area (Å²) < 4.78 is 47.8. The van der Waals surface area contributed by atoms with Crippen molar-refractivity contribution in [1.29, 1.82) is 0 Å². The molecular formula is C66H72N2O8. The van der Waals surface area contributed by atoms with E-state index in [2.05, 4.69) is 180 Å². The van der Waals surface area contributed by atoms with Crippen molar-refractivity contribution >= 4 is 34.1 Å². The fourth-order valence-electron chi connectivity index (χ4n) is 10.4. The first-order valence-electron chi connectivity index (χ1n) is 27.8. The van der Waals surface area contributed by atoms with Gasteiger partial charge in [-0.2, -0.15) is 0 Å². The lowest BCUT2D eigenvalue weighted by molar-refractivity contribution is -0.169. The number of rotatable bonds is 20. The number of hydrogen-bond acceptors (Lipinski definition) is 10. The molecule has 0 aromatic heterocycles. The van der Waals surface area contributed by atoms with E-state index >= 15 is 0 Å². The van der Waals surface area contributed by atoms with Crippen LogP contribution in [0.3, 0.4) is 0 Å². The van der Waals surface area contributed by atoms with Crippen molar-refractivity contribution in [1.82, 2.24) is 0 Å². The van der Waals surface area contributed by atoms with E-state index in [9.17, 15) is 0 Å². The minimum absolute atomic E-state index is 0.123. The summed E-state index contributed by atoms with van der Waals surface area (Å²) in [5.74, 6) is 0. The second-order valence-electron chi connectivity index (χ2n) is 20.4. The van der Waals surface area contributed by atoms with Crippen LogP contribution in [0.5, 0.6) is 0 Å². The molecule has 0 amide bonds. The molecule has 4 saturated heterocycles. The van der Waals surface area contributed by atoms with Crippen molar-refractivity contribution in [3.05, 3.63) is 192 Å². The summed E-state index contributed by atoms with van der Waals surface area (Å²) in [4.78, 5) is 4.61. The van der Waals surface area contributed by atoms with Crippen LogP contribution in [-0.2, 0) is 64.3 Å². The Balaban J connectivity index is 0.788. The molecule has 0 saturated carbocycles. The molecule has 4 fully saturated rings. The third-order valence-electron chi connectivity index (χ3n) is 14.9. The fraction of sp³-hybridized carbons (Fsp3) is 0.364. The molecule has 4 aliphatic heterocycles. The molecular weight excluding hydrogens is 949 g/mol. The van der Waals surface area contributed by atoms with E-state index in [4.69, 9.17) is 37.9 Å². The average molecular weight is 1020 g/mol. The zero-order valence-corrected chi connectivity index (χ0v) is 43.8. The first-order chi connectivity index (χ1) is 37.6. The standard InChI is InChI=1S/C66H72N2O8/c1-5-41-69-63(9-1)73-45-49-13-29-57(30-14-49)67(58-31-15-50(16-32-58)46-74-64-10-2-6-42-70-64)61-37-25-55(26-38-61)53-21-23-54(24-22-53)56-27-39-62(40-28-56)68(59-33-17-51(18-34-59)47-75-65-11-3-7-43-71-65)60-35-19-52(20-36-60)48-76-66-12-4-8-44-72-66/h13-40,63-66H,1-12,41-48H2. The third-order valence-corrected chi connectivity index (χ3v) is 14.9. The number of benzene rings is 7. The highest BCUT2D eigenvalue weighted by atomic mass is 16.7. The van der Waals surface area contributed by atoms with Crippen LogP contribution in [0.15, 0.2) is 170 Å². The molecule has 0 aliphatic carbocycles. The Labute approximate surface area is 449 Å².